The van der Waals surface area contributed by atoms with Crippen molar-refractivity contribution in [1.82, 2.24) is 15.3 Å². The molecular formula is C13H17N3O. The molecule has 1 atom stereocenters. The van der Waals surface area contributed by atoms with Crippen molar-refractivity contribution in [3.05, 3.63) is 34.2 Å². The molecule has 4 nitrogen and oxygen atoms in total. The van der Waals surface area contributed by atoms with Crippen molar-refractivity contribution in [2.24, 2.45) is 5.92 Å². The molecule has 17 heavy (non-hydrogen) atoms. The molecule has 0 aliphatic heterocycles. The fourth-order valence-electron chi connectivity index (χ4n) is 2.69. The Kier molecular flexibility index (Phi) is 2.52. The van der Waals surface area contributed by atoms with E-state index in [1.54, 1.807) is 0 Å². The number of imidazole rings is 1. The first-order valence-electron chi connectivity index (χ1n) is 6.17. The van der Waals surface area contributed by atoms with Crippen molar-refractivity contribution in [2.45, 2.75) is 25.3 Å². The Balaban J connectivity index is 2.00. The highest BCUT2D eigenvalue weighted by molar-refractivity contribution is 5.75. The van der Waals surface area contributed by atoms with Crippen LogP contribution in [-0.2, 0) is 0 Å². The number of aromatic nitrogens is 2. The summed E-state index contributed by atoms with van der Waals surface area (Å²) >= 11 is 0. The van der Waals surface area contributed by atoms with Crippen molar-refractivity contribution in [3.63, 3.8) is 0 Å². The average Bonchev–Trinajstić information content (AvgIpc) is 2.61. The minimum atomic E-state index is -0.137. The van der Waals surface area contributed by atoms with Crippen molar-refractivity contribution in [3.8, 4) is 0 Å². The summed E-state index contributed by atoms with van der Waals surface area (Å²) < 4.78 is 0. The zero-order valence-electron chi connectivity index (χ0n) is 9.92. The topological polar surface area (TPSA) is 60.7 Å². The highest BCUT2D eigenvalue weighted by Gasteiger charge is 2.27. The van der Waals surface area contributed by atoms with Gasteiger partial charge in [0, 0.05) is 6.04 Å². The van der Waals surface area contributed by atoms with E-state index < -0.39 is 0 Å². The molecule has 0 radical (unpaired) electrons. The molecule has 1 aromatic carbocycles. The second-order valence-electron chi connectivity index (χ2n) is 4.84. The normalized spacial score (nSPS) is 18.2. The molecule has 90 valence electrons. The van der Waals surface area contributed by atoms with Crippen molar-refractivity contribution < 1.29 is 0 Å². The molecule has 0 spiro atoms. The monoisotopic (exact) mass is 231 g/mol. The average molecular weight is 231 g/mol. The highest BCUT2D eigenvalue weighted by Crippen LogP contribution is 2.37. The van der Waals surface area contributed by atoms with Crippen LogP contribution in [0.2, 0.25) is 0 Å². The molecule has 1 fully saturated rings. The Morgan fingerprint density at radius 2 is 2.06 bits per heavy atom. The Hall–Kier alpha value is -1.55. The summed E-state index contributed by atoms with van der Waals surface area (Å²) in [6.45, 7) is 0. The number of aromatic amines is 2. The lowest BCUT2D eigenvalue weighted by Gasteiger charge is -2.33. The molecule has 1 aromatic heterocycles. The first kappa shape index (κ1) is 10.6. The number of hydrogen-bond acceptors (Lipinski definition) is 2. The van der Waals surface area contributed by atoms with Crippen LogP contribution in [0.1, 0.15) is 30.9 Å². The highest BCUT2D eigenvalue weighted by atomic mass is 16.1. The Bertz CT molecular complexity index is 580. The second kappa shape index (κ2) is 4.04. The number of fused-ring (bicyclic) bond motifs is 1. The van der Waals surface area contributed by atoms with Gasteiger partial charge in [0.05, 0.1) is 11.0 Å². The fourth-order valence-corrected chi connectivity index (χ4v) is 2.69. The summed E-state index contributed by atoms with van der Waals surface area (Å²) in [5, 5.41) is 3.39. The van der Waals surface area contributed by atoms with Gasteiger partial charge in [-0.2, -0.15) is 0 Å². The SMILES string of the molecule is CNC(c1ccc2[nH]c(=O)[nH]c2c1)C1CCC1. The summed E-state index contributed by atoms with van der Waals surface area (Å²) in [6, 6.07) is 6.57. The molecule has 1 heterocycles. The quantitative estimate of drug-likeness (QED) is 0.755. The molecule has 4 heteroatoms. The molecule has 0 saturated heterocycles. The van der Waals surface area contributed by atoms with Crippen LogP contribution in [0, 0.1) is 5.92 Å². The molecule has 0 bridgehead atoms. The molecule has 1 aliphatic rings. The van der Waals surface area contributed by atoms with Gasteiger partial charge >= 0.3 is 5.69 Å². The maximum absolute atomic E-state index is 11.2. The zero-order chi connectivity index (χ0) is 11.8. The molecule has 3 rings (SSSR count). The smallest absolute Gasteiger partial charge is 0.313 e. The molecule has 0 amide bonds. The summed E-state index contributed by atoms with van der Waals surface area (Å²) in [4.78, 5) is 16.8. The Labute approximate surface area is 99.4 Å². The first-order valence-corrected chi connectivity index (χ1v) is 6.17. The van der Waals surface area contributed by atoms with Crippen LogP contribution in [0.3, 0.4) is 0 Å². The van der Waals surface area contributed by atoms with Gasteiger partial charge in [-0.3, -0.25) is 0 Å². The minimum Gasteiger partial charge on any atom is -0.313 e. The van der Waals surface area contributed by atoms with E-state index in [1.807, 2.05) is 13.1 Å². The number of nitrogens with one attached hydrogen (secondary N) is 3. The zero-order valence-corrected chi connectivity index (χ0v) is 9.92. The van der Waals surface area contributed by atoms with E-state index in [2.05, 4.69) is 27.4 Å². The van der Waals surface area contributed by atoms with Gasteiger partial charge < -0.3 is 15.3 Å². The van der Waals surface area contributed by atoms with E-state index in [-0.39, 0.29) is 5.69 Å². The first-order chi connectivity index (χ1) is 8.28. The largest absolute Gasteiger partial charge is 0.323 e. The van der Waals surface area contributed by atoms with Crippen LogP contribution < -0.4 is 11.0 Å². The van der Waals surface area contributed by atoms with Crippen LogP contribution in [0.15, 0.2) is 23.0 Å². The van der Waals surface area contributed by atoms with Gasteiger partial charge in [-0.15, -0.1) is 0 Å². The van der Waals surface area contributed by atoms with Crippen molar-refractivity contribution >= 4 is 11.0 Å². The number of hydrogen-bond donors (Lipinski definition) is 3. The van der Waals surface area contributed by atoms with Crippen LogP contribution in [0.25, 0.3) is 11.0 Å². The van der Waals surface area contributed by atoms with E-state index in [4.69, 9.17) is 0 Å². The second-order valence-corrected chi connectivity index (χ2v) is 4.84. The van der Waals surface area contributed by atoms with E-state index >= 15 is 0 Å². The molecule has 1 unspecified atom stereocenters. The maximum Gasteiger partial charge on any atom is 0.323 e. The third-order valence-electron chi connectivity index (χ3n) is 3.83. The molecular weight excluding hydrogens is 214 g/mol. The van der Waals surface area contributed by atoms with E-state index in [9.17, 15) is 4.79 Å². The van der Waals surface area contributed by atoms with E-state index in [0.29, 0.717) is 6.04 Å². The van der Waals surface area contributed by atoms with E-state index in [1.165, 1.54) is 24.8 Å². The lowest BCUT2D eigenvalue weighted by Crippen LogP contribution is -2.29. The van der Waals surface area contributed by atoms with Gasteiger partial charge in [0.1, 0.15) is 0 Å². The summed E-state index contributed by atoms with van der Waals surface area (Å²) in [7, 11) is 2.01. The lowest BCUT2D eigenvalue weighted by atomic mass is 9.77. The van der Waals surface area contributed by atoms with Crippen molar-refractivity contribution in [1.29, 1.82) is 0 Å². The van der Waals surface area contributed by atoms with Crippen LogP contribution in [0.4, 0.5) is 0 Å². The van der Waals surface area contributed by atoms with Gasteiger partial charge in [0.2, 0.25) is 0 Å². The summed E-state index contributed by atoms with van der Waals surface area (Å²) in [5.41, 5.74) is 2.90. The summed E-state index contributed by atoms with van der Waals surface area (Å²) in [5.74, 6) is 0.739. The molecule has 1 saturated carbocycles. The minimum absolute atomic E-state index is 0.137. The molecule has 1 aliphatic carbocycles. The maximum atomic E-state index is 11.2. The van der Waals surface area contributed by atoms with Gasteiger partial charge in [0.25, 0.3) is 0 Å². The third kappa shape index (κ3) is 1.78. The number of H-pyrrole nitrogens is 2. The number of benzene rings is 1. The lowest BCUT2D eigenvalue weighted by molar-refractivity contribution is 0.239. The van der Waals surface area contributed by atoms with Gasteiger partial charge in [-0.05, 0) is 43.5 Å². The molecule has 2 aromatic rings. The van der Waals surface area contributed by atoms with Crippen LogP contribution in [0.5, 0.6) is 0 Å². The van der Waals surface area contributed by atoms with Gasteiger partial charge in [-0.25, -0.2) is 4.79 Å². The van der Waals surface area contributed by atoms with Crippen molar-refractivity contribution in [2.75, 3.05) is 7.05 Å². The van der Waals surface area contributed by atoms with E-state index in [0.717, 1.165) is 17.0 Å². The third-order valence-corrected chi connectivity index (χ3v) is 3.83. The predicted octanol–water partition coefficient (Wildman–Crippen LogP) is 1.92. The number of rotatable bonds is 3. The summed E-state index contributed by atoms with van der Waals surface area (Å²) in [6.07, 6.45) is 3.94. The van der Waals surface area contributed by atoms with Crippen LogP contribution in [-0.4, -0.2) is 17.0 Å². The van der Waals surface area contributed by atoms with Gasteiger partial charge in [0.15, 0.2) is 0 Å². The predicted molar refractivity (Wildman–Crippen MR) is 68.1 cm³/mol. The molecule has 3 N–H and O–H groups in total. The van der Waals surface area contributed by atoms with Gasteiger partial charge in [-0.1, -0.05) is 12.5 Å². The van der Waals surface area contributed by atoms with Crippen LogP contribution >= 0.6 is 0 Å². The fraction of sp³-hybridized carbons (Fsp3) is 0.462. The Morgan fingerprint density at radius 3 is 2.71 bits per heavy atom. The Morgan fingerprint density at radius 1 is 1.29 bits per heavy atom. The standard InChI is InChI=1S/C13H17N3O/c1-14-12(8-3-2-4-8)9-5-6-10-11(7-9)16-13(17)15-10/h5-8,12,14H,2-4H2,1H3,(H2,15,16,17).